The smallest absolute Gasteiger partial charge is 0.124 e. The molecular weight excluding hydrogens is 260 g/mol. The molecule has 0 saturated heterocycles. The molecular formula is C15H17ClN2O. The number of hydrogen-bond donors (Lipinski definition) is 1. The topological polar surface area (TPSA) is 34.1 Å². The van der Waals surface area contributed by atoms with E-state index >= 15 is 0 Å². The number of methoxy groups -OCH3 is 1. The van der Waals surface area contributed by atoms with Gasteiger partial charge in [-0.1, -0.05) is 23.7 Å². The number of hydrogen-bond acceptors (Lipinski definition) is 3. The van der Waals surface area contributed by atoms with E-state index in [9.17, 15) is 0 Å². The van der Waals surface area contributed by atoms with Crippen LogP contribution in [-0.2, 0) is 6.54 Å². The van der Waals surface area contributed by atoms with Crippen molar-refractivity contribution >= 4 is 11.6 Å². The van der Waals surface area contributed by atoms with Crippen LogP contribution in [0.4, 0.5) is 0 Å². The maximum atomic E-state index is 6.20. The zero-order valence-corrected chi connectivity index (χ0v) is 11.8. The van der Waals surface area contributed by atoms with E-state index in [0.717, 1.165) is 17.0 Å². The Kier molecular flexibility index (Phi) is 4.77. The van der Waals surface area contributed by atoms with Gasteiger partial charge in [-0.15, -0.1) is 0 Å². The van der Waals surface area contributed by atoms with Crippen LogP contribution in [0.3, 0.4) is 0 Å². The number of rotatable bonds is 5. The summed E-state index contributed by atoms with van der Waals surface area (Å²) in [6, 6.07) is 11.7. The number of pyridine rings is 1. The Labute approximate surface area is 118 Å². The molecule has 1 aromatic carbocycles. The summed E-state index contributed by atoms with van der Waals surface area (Å²) >= 11 is 6.20. The Morgan fingerprint density at radius 1 is 1.26 bits per heavy atom. The Bertz CT molecular complexity index is 531. The summed E-state index contributed by atoms with van der Waals surface area (Å²) in [5.41, 5.74) is 1.97. The van der Waals surface area contributed by atoms with Gasteiger partial charge in [0.15, 0.2) is 0 Å². The van der Waals surface area contributed by atoms with Gasteiger partial charge < -0.3 is 10.1 Å². The lowest BCUT2D eigenvalue weighted by Gasteiger charge is -2.15. The number of nitrogens with zero attached hydrogens (tertiary/aromatic N) is 1. The lowest BCUT2D eigenvalue weighted by Crippen LogP contribution is -2.19. The highest BCUT2D eigenvalue weighted by atomic mass is 35.5. The van der Waals surface area contributed by atoms with Crippen LogP contribution in [-0.4, -0.2) is 12.1 Å². The molecule has 0 aliphatic heterocycles. The maximum absolute atomic E-state index is 6.20. The van der Waals surface area contributed by atoms with Crippen molar-refractivity contribution in [1.29, 1.82) is 0 Å². The summed E-state index contributed by atoms with van der Waals surface area (Å²) in [6.45, 7) is 2.71. The molecule has 3 nitrogen and oxygen atoms in total. The highest BCUT2D eigenvalue weighted by molar-refractivity contribution is 6.31. The van der Waals surface area contributed by atoms with Crippen molar-refractivity contribution in [1.82, 2.24) is 10.3 Å². The molecule has 0 spiro atoms. The van der Waals surface area contributed by atoms with Gasteiger partial charge in [0, 0.05) is 29.4 Å². The molecule has 4 heteroatoms. The van der Waals surface area contributed by atoms with Crippen molar-refractivity contribution in [3.63, 3.8) is 0 Å². The molecule has 1 aromatic heterocycles. The Morgan fingerprint density at radius 2 is 2.11 bits per heavy atom. The van der Waals surface area contributed by atoms with E-state index in [1.54, 1.807) is 13.3 Å². The van der Waals surface area contributed by atoms with Gasteiger partial charge in [-0.05, 0) is 31.2 Å². The molecule has 0 bridgehead atoms. The second kappa shape index (κ2) is 6.55. The van der Waals surface area contributed by atoms with Gasteiger partial charge >= 0.3 is 0 Å². The van der Waals surface area contributed by atoms with Crippen molar-refractivity contribution < 1.29 is 4.74 Å². The zero-order chi connectivity index (χ0) is 13.7. The summed E-state index contributed by atoms with van der Waals surface area (Å²) < 4.78 is 5.32. The first-order chi connectivity index (χ1) is 9.22. The summed E-state index contributed by atoms with van der Waals surface area (Å²) in [4.78, 5) is 4.33. The summed E-state index contributed by atoms with van der Waals surface area (Å²) in [6.07, 6.45) is 1.80. The lowest BCUT2D eigenvalue weighted by molar-refractivity contribution is 0.406. The first-order valence-electron chi connectivity index (χ1n) is 6.18. The minimum Gasteiger partial charge on any atom is -0.496 e. The van der Waals surface area contributed by atoms with Crippen LogP contribution in [0, 0.1) is 0 Å². The van der Waals surface area contributed by atoms with Crippen molar-refractivity contribution in [2.75, 3.05) is 7.11 Å². The van der Waals surface area contributed by atoms with Crippen LogP contribution in [0.2, 0.25) is 5.02 Å². The second-order valence-electron chi connectivity index (χ2n) is 4.28. The van der Waals surface area contributed by atoms with Crippen LogP contribution < -0.4 is 10.1 Å². The summed E-state index contributed by atoms with van der Waals surface area (Å²) in [5.74, 6) is 0.799. The molecule has 0 radical (unpaired) electrons. The Morgan fingerprint density at radius 3 is 2.79 bits per heavy atom. The number of nitrogens with one attached hydrogen (secondary N) is 1. The third-order valence-corrected chi connectivity index (χ3v) is 3.37. The monoisotopic (exact) mass is 276 g/mol. The molecule has 0 aliphatic carbocycles. The van der Waals surface area contributed by atoms with Gasteiger partial charge in [-0.2, -0.15) is 0 Å². The summed E-state index contributed by atoms with van der Waals surface area (Å²) in [7, 11) is 1.65. The largest absolute Gasteiger partial charge is 0.496 e. The standard InChI is InChI=1S/C15H17ClN2O/c1-11(14-7-3-4-9-17-14)18-10-12-13(16)6-5-8-15(12)19-2/h3-9,11,18H,10H2,1-2H3/t11-/m1/s1. The van der Waals surface area contributed by atoms with Crippen molar-refractivity contribution in [2.45, 2.75) is 19.5 Å². The third-order valence-electron chi connectivity index (χ3n) is 3.01. The summed E-state index contributed by atoms with van der Waals surface area (Å²) in [5, 5.41) is 4.11. The highest BCUT2D eigenvalue weighted by Crippen LogP contribution is 2.26. The molecule has 1 atom stereocenters. The van der Waals surface area contributed by atoms with Gasteiger partial charge in [-0.25, -0.2) is 0 Å². The predicted molar refractivity (Wildman–Crippen MR) is 77.5 cm³/mol. The maximum Gasteiger partial charge on any atom is 0.124 e. The molecule has 0 fully saturated rings. The van der Waals surface area contributed by atoms with Crippen LogP contribution in [0.25, 0.3) is 0 Å². The van der Waals surface area contributed by atoms with Crippen LogP contribution in [0.5, 0.6) is 5.75 Å². The Hall–Kier alpha value is -1.58. The van der Waals surface area contributed by atoms with Crippen molar-refractivity contribution in [2.24, 2.45) is 0 Å². The normalized spacial score (nSPS) is 12.2. The predicted octanol–water partition coefficient (Wildman–Crippen LogP) is 3.59. The van der Waals surface area contributed by atoms with Gasteiger partial charge in [0.05, 0.1) is 12.8 Å². The number of aromatic nitrogens is 1. The first-order valence-corrected chi connectivity index (χ1v) is 6.56. The quantitative estimate of drug-likeness (QED) is 0.906. The lowest BCUT2D eigenvalue weighted by atomic mass is 10.1. The fourth-order valence-electron chi connectivity index (χ4n) is 1.89. The fourth-order valence-corrected chi connectivity index (χ4v) is 2.13. The molecule has 1 N–H and O–H groups in total. The number of halogens is 1. The van der Waals surface area contributed by atoms with Crippen molar-refractivity contribution in [3.8, 4) is 5.75 Å². The first kappa shape index (κ1) is 13.8. The molecule has 0 amide bonds. The fraction of sp³-hybridized carbons (Fsp3) is 0.267. The van der Waals surface area contributed by atoms with Crippen LogP contribution >= 0.6 is 11.6 Å². The third kappa shape index (κ3) is 3.46. The van der Waals surface area contributed by atoms with E-state index in [-0.39, 0.29) is 6.04 Å². The average Bonchev–Trinajstić information content (AvgIpc) is 2.46. The molecule has 1 heterocycles. The van der Waals surface area contributed by atoms with E-state index in [1.165, 1.54) is 0 Å². The SMILES string of the molecule is COc1cccc(Cl)c1CN[C@H](C)c1ccccn1. The molecule has 2 aromatic rings. The van der Waals surface area contributed by atoms with Crippen LogP contribution in [0.1, 0.15) is 24.2 Å². The van der Waals surface area contributed by atoms with Crippen molar-refractivity contribution in [3.05, 3.63) is 58.9 Å². The van der Waals surface area contributed by atoms with E-state index < -0.39 is 0 Å². The minimum atomic E-state index is 0.155. The molecule has 0 aliphatic rings. The van der Waals surface area contributed by atoms with Crippen LogP contribution in [0.15, 0.2) is 42.6 Å². The molecule has 0 saturated carbocycles. The van der Waals surface area contributed by atoms with E-state index in [2.05, 4.69) is 17.2 Å². The van der Waals surface area contributed by atoms with E-state index in [4.69, 9.17) is 16.3 Å². The number of ether oxygens (including phenoxy) is 1. The average molecular weight is 277 g/mol. The zero-order valence-electron chi connectivity index (χ0n) is 11.1. The van der Waals surface area contributed by atoms with Gasteiger partial charge in [-0.3, -0.25) is 4.98 Å². The van der Waals surface area contributed by atoms with E-state index in [1.807, 2.05) is 36.4 Å². The Balaban J connectivity index is 2.07. The van der Waals surface area contributed by atoms with Gasteiger partial charge in [0.25, 0.3) is 0 Å². The molecule has 2 rings (SSSR count). The molecule has 19 heavy (non-hydrogen) atoms. The van der Waals surface area contributed by atoms with E-state index in [0.29, 0.717) is 11.6 Å². The second-order valence-corrected chi connectivity index (χ2v) is 4.69. The van der Waals surface area contributed by atoms with Gasteiger partial charge in [0.1, 0.15) is 5.75 Å². The molecule has 0 unspecified atom stereocenters. The van der Waals surface area contributed by atoms with Gasteiger partial charge in [0.2, 0.25) is 0 Å². The number of benzene rings is 1. The molecule has 100 valence electrons. The highest BCUT2D eigenvalue weighted by Gasteiger charge is 2.10. The minimum absolute atomic E-state index is 0.155.